The summed E-state index contributed by atoms with van der Waals surface area (Å²) in [5.41, 5.74) is 1.38. The molecule has 0 saturated carbocycles. The number of aromatic nitrogens is 1. The van der Waals surface area contributed by atoms with Gasteiger partial charge in [-0.1, -0.05) is 19.1 Å². The molecule has 2 rings (SSSR count). The second kappa shape index (κ2) is 6.68. The molecule has 1 aromatic heterocycles. The van der Waals surface area contributed by atoms with E-state index < -0.39 is 0 Å². The summed E-state index contributed by atoms with van der Waals surface area (Å²) in [6.45, 7) is 2.76. The van der Waals surface area contributed by atoms with Crippen molar-refractivity contribution in [1.82, 2.24) is 4.98 Å². The number of alkyl halides is 1. The molecule has 0 aliphatic carbocycles. The lowest BCUT2D eigenvalue weighted by molar-refractivity contribution is 0.101. The number of carbonyl (C=O) groups excluding carboxylic acids is 1. The Morgan fingerprint density at radius 3 is 3.05 bits per heavy atom. The minimum atomic E-state index is -0.150. The average molecular weight is 296 g/mol. The van der Waals surface area contributed by atoms with E-state index in [0.29, 0.717) is 12.3 Å². The van der Waals surface area contributed by atoms with Crippen molar-refractivity contribution in [1.29, 1.82) is 0 Å². The first-order valence-electron chi connectivity index (χ1n) is 6.02. The normalized spacial score (nSPS) is 10.4. The number of hydrogen-bond donors (Lipinski definition) is 0. The Labute approximate surface area is 121 Å². The molecule has 3 nitrogen and oxygen atoms in total. The van der Waals surface area contributed by atoms with E-state index in [1.165, 1.54) is 11.3 Å². The van der Waals surface area contributed by atoms with E-state index in [9.17, 15) is 4.79 Å². The van der Waals surface area contributed by atoms with Gasteiger partial charge in [0.2, 0.25) is 0 Å². The number of ether oxygens (including phenoxy) is 1. The van der Waals surface area contributed by atoms with E-state index in [-0.39, 0.29) is 11.7 Å². The van der Waals surface area contributed by atoms with Crippen LogP contribution in [0.25, 0.3) is 10.6 Å². The van der Waals surface area contributed by atoms with Crippen LogP contribution in [0.5, 0.6) is 5.75 Å². The van der Waals surface area contributed by atoms with Crippen molar-refractivity contribution in [3.8, 4) is 16.3 Å². The molecule has 19 heavy (non-hydrogen) atoms. The van der Waals surface area contributed by atoms with Gasteiger partial charge in [0.25, 0.3) is 0 Å². The Kier molecular flexibility index (Phi) is 4.93. The number of Topliss-reactive ketones (excluding diaryl/α,β-unsaturated/α-hetero) is 1. The molecule has 0 radical (unpaired) electrons. The van der Waals surface area contributed by atoms with Crippen LogP contribution in [-0.4, -0.2) is 23.3 Å². The number of benzene rings is 1. The second-order valence-corrected chi connectivity index (χ2v) is 5.10. The van der Waals surface area contributed by atoms with Crippen LogP contribution >= 0.6 is 22.9 Å². The smallest absolute Gasteiger partial charge is 0.196 e. The monoisotopic (exact) mass is 295 g/mol. The molecular formula is C14H14ClNO2S. The Balaban J connectivity index is 2.21. The van der Waals surface area contributed by atoms with Crippen LogP contribution in [0.1, 0.15) is 23.8 Å². The molecule has 100 valence electrons. The number of carbonyl (C=O) groups is 1. The number of thiazole rings is 1. The summed E-state index contributed by atoms with van der Waals surface area (Å²) < 4.78 is 5.58. The van der Waals surface area contributed by atoms with Gasteiger partial charge in [-0.2, -0.15) is 0 Å². The predicted molar refractivity (Wildman–Crippen MR) is 78.4 cm³/mol. The van der Waals surface area contributed by atoms with Gasteiger partial charge in [0, 0.05) is 10.9 Å². The van der Waals surface area contributed by atoms with Crippen molar-refractivity contribution < 1.29 is 9.53 Å². The standard InChI is InChI=1S/C14H14ClNO2S/c1-2-6-18-11-5-3-4-10(7-11)14-16-12(9-19-14)13(17)8-15/h3-5,7,9H,2,6,8H2,1H3. The number of nitrogens with zero attached hydrogens (tertiary/aromatic N) is 1. The van der Waals surface area contributed by atoms with Gasteiger partial charge in [0.05, 0.1) is 12.5 Å². The Morgan fingerprint density at radius 2 is 2.32 bits per heavy atom. The molecule has 0 aliphatic rings. The van der Waals surface area contributed by atoms with E-state index in [2.05, 4.69) is 11.9 Å². The minimum Gasteiger partial charge on any atom is -0.494 e. The lowest BCUT2D eigenvalue weighted by Gasteiger charge is -2.05. The highest BCUT2D eigenvalue weighted by Crippen LogP contribution is 2.27. The number of halogens is 1. The van der Waals surface area contributed by atoms with E-state index in [1.54, 1.807) is 5.38 Å². The zero-order valence-electron chi connectivity index (χ0n) is 10.6. The van der Waals surface area contributed by atoms with Crippen LogP contribution in [-0.2, 0) is 0 Å². The third-order valence-electron chi connectivity index (χ3n) is 2.47. The van der Waals surface area contributed by atoms with Crippen molar-refractivity contribution in [2.24, 2.45) is 0 Å². The quantitative estimate of drug-likeness (QED) is 0.597. The highest BCUT2D eigenvalue weighted by atomic mass is 35.5. The topological polar surface area (TPSA) is 39.2 Å². The molecule has 0 amide bonds. The molecule has 0 N–H and O–H groups in total. The Bertz CT molecular complexity index is 568. The number of ketones is 1. The summed E-state index contributed by atoms with van der Waals surface area (Å²) >= 11 is 6.95. The highest BCUT2D eigenvalue weighted by Gasteiger charge is 2.11. The third-order valence-corrected chi connectivity index (χ3v) is 3.60. The molecule has 0 bridgehead atoms. The van der Waals surface area contributed by atoms with Crippen LogP contribution in [0.2, 0.25) is 0 Å². The van der Waals surface area contributed by atoms with E-state index in [0.717, 1.165) is 22.7 Å². The minimum absolute atomic E-state index is 0.0389. The van der Waals surface area contributed by atoms with Gasteiger partial charge < -0.3 is 4.74 Å². The molecule has 2 aromatic rings. The maximum absolute atomic E-state index is 11.5. The number of hydrogen-bond acceptors (Lipinski definition) is 4. The molecule has 0 saturated heterocycles. The summed E-state index contributed by atoms with van der Waals surface area (Å²) in [6, 6.07) is 7.72. The largest absolute Gasteiger partial charge is 0.494 e. The lowest BCUT2D eigenvalue weighted by Crippen LogP contribution is -2.00. The summed E-state index contributed by atoms with van der Waals surface area (Å²) in [5, 5.41) is 2.54. The molecule has 1 heterocycles. The van der Waals surface area contributed by atoms with Crippen LogP contribution < -0.4 is 4.74 Å². The van der Waals surface area contributed by atoms with Gasteiger partial charge in [-0.25, -0.2) is 4.98 Å². The van der Waals surface area contributed by atoms with Crippen LogP contribution in [0.15, 0.2) is 29.6 Å². The first-order valence-corrected chi connectivity index (χ1v) is 7.44. The number of rotatable bonds is 6. The molecule has 0 unspecified atom stereocenters. The van der Waals surface area contributed by atoms with Crippen molar-refractivity contribution >= 4 is 28.7 Å². The van der Waals surface area contributed by atoms with E-state index in [1.807, 2.05) is 24.3 Å². The summed E-state index contributed by atoms with van der Waals surface area (Å²) in [4.78, 5) is 15.8. The van der Waals surface area contributed by atoms with Crippen molar-refractivity contribution in [2.45, 2.75) is 13.3 Å². The van der Waals surface area contributed by atoms with Crippen LogP contribution in [0, 0.1) is 0 Å². The van der Waals surface area contributed by atoms with Gasteiger partial charge in [0.1, 0.15) is 16.5 Å². The van der Waals surface area contributed by atoms with E-state index in [4.69, 9.17) is 16.3 Å². The Morgan fingerprint density at radius 1 is 1.47 bits per heavy atom. The fourth-order valence-electron chi connectivity index (χ4n) is 1.54. The Hall–Kier alpha value is -1.39. The highest BCUT2D eigenvalue weighted by molar-refractivity contribution is 7.13. The van der Waals surface area contributed by atoms with Gasteiger partial charge in [0.15, 0.2) is 5.78 Å². The van der Waals surface area contributed by atoms with Crippen molar-refractivity contribution in [3.63, 3.8) is 0 Å². The summed E-state index contributed by atoms with van der Waals surface area (Å²) in [7, 11) is 0. The summed E-state index contributed by atoms with van der Waals surface area (Å²) in [5.74, 6) is 0.630. The maximum Gasteiger partial charge on any atom is 0.196 e. The van der Waals surface area contributed by atoms with Crippen LogP contribution in [0.4, 0.5) is 0 Å². The maximum atomic E-state index is 11.5. The zero-order valence-corrected chi connectivity index (χ0v) is 12.1. The second-order valence-electron chi connectivity index (χ2n) is 3.97. The van der Waals surface area contributed by atoms with Crippen molar-refractivity contribution in [3.05, 3.63) is 35.3 Å². The lowest BCUT2D eigenvalue weighted by atomic mass is 10.2. The molecule has 0 spiro atoms. The van der Waals surface area contributed by atoms with Crippen LogP contribution in [0.3, 0.4) is 0 Å². The van der Waals surface area contributed by atoms with Crippen molar-refractivity contribution in [2.75, 3.05) is 12.5 Å². The average Bonchev–Trinajstić information content (AvgIpc) is 2.94. The first kappa shape index (κ1) is 14.0. The molecule has 0 fully saturated rings. The predicted octanol–water partition coefficient (Wildman–Crippen LogP) is 4.02. The van der Waals surface area contributed by atoms with Gasteiger partial charge in [-0.15, -0.1) is 22.9 Å². The van der Waals surface area contributed by atoms with Gasteiger partial charge in [-0.3, -0.25) is 4.79 Å². The molecule has 5 heteroatoms. The first-order chi connectivity index (χ1) is 9.24. The summed E-state index contributed by atoms with van der Waals surface area (Å²) in [6.07, 6.45) is 0.968. The molecular weight excluding hydrogens is 282 g/mol. The molecule has 1 aromatic carbocycles. The van der Waals surface area contributed by atoms with E-state index >= 15 is 0 Å². The van der Waals surface area contributed by atoms with Gasteiger partial charge in [-0.05, 0) is 18.6 Å². The van der Waals surface area contributed by atoms with Gasteiger partial charge >= 0.3 is 0 Å². The molecule has 0 atom stereocenters. The SMILES string of the molecule is CCCOc1cccc(-c2nc(C(=O)CCl)cs2)c1. The molecule has 0 aliphatic heterocycles. The fraction of sp³-hybridized carbons (Fsp3) is 0.286. The fourth-order valence-corrected chi connectivity index (χ4v) is 2.50. The third kappa shape index (κ3) is 3.55. The zero-order chi connectivity index (χ0) is 13.7.